The number of fused-ring (bicyclic) bond motifs is 1. The summed E-state index contributed by atoms with van der Waals surface area (Å²) in [7, 11) is 0. The van der Waals surface area contributed by atoms with Gasteiger partial charge in [0.25, 0.3) is 11.8 Å². The largest absolute Gasteiger partial charge is 0.490 e. The minimum Gasteiger partial charge on any atom is -0.490 e. The third kappa shape index (κ3) is 5.43. The second kappa shape index (κ2) is 11.3. The van der Waals surface area contributed by atoms with E-state index in [4.69, 9.17) is 14.2 Å². The van der Waals surface area contributed by atoms with Gasteiger partial charge in [-0.05, 0) is 81.0 Å². The van der Waals surface area contributed by atoms with Crippen LogP contribution in [-0.4, -0.2) is 38.2 Å². The number of benzene rings is 2. The summed E-state index contributed by atoms with van der Waals surface area (Å²) in [6.45, 7) is 7.64. The third-order valence-corrected chi connectivity index (χ3v) is 6.46. The van der Waals surface area contributed by atoms with Crippen LogP contribution in [0.4, 0.5) is 11.4 Å². The molecule has 0 saturated heterocycles. The van der Waals surface area contributed by atoms with Crippen molar-refractivity contribution in [3.05, 3.63) is 63.8 Å². The van der Waals surface area contributed by atoms with Gasteiger partial charge in [-0.2, -0.15) is 0 Å². The topological polar surface area (TPSA) is 77.1 Å². The minimum absolute atomic E-state index is 0.0130. The Morgan fingerprint density at radius 3 is 2.31 bits per heavy atom. The Balaban J connectivity index is 1.58. The van der Waals surface area contributed by atoms with Crippen LogP contribution in [0.3, 0.4) is 0 Å². The Morgan fingerprint density at radius 2 is 1.69 bits per heavy atom. The second-order valence-electron chi connectivity index (χ2n) is 7.94. The molecule has 1 N–H and O–H groups in total. The summed E-state index contributed by atoms with van der Waals surface area (Å²) in [5, 5.41) is 4.89. The highest BCUT2D eigenvalue weighted by Crippen LogP contribution is 2.39. The highest BCUT2D eigenvalue weighted by Gasteiger charge is 2.25. The van der Waals surface area contributed by atoms with Gasteiger partial charge in [0.15, 0.2) is 11.5 Å². The van der Waals surface area contributed by atoms with E-state index >= 15 is 0 Å². The second-order valence-corrected chi connectivity index (χ2v) is 8.88. The zero-order valence-corrected chi connectivity index (χ0v) is 21.1. The van der Waals surface area contributed by atoms with Crippen molar-refractivity contribution in [3.63, 3.8) is 0 Å². The SMILES string of the molecule is CCOc1cc(C(=O)Nc2ccc3c(c2)CCCN3C(=O)c2cccs2)cc(OCC)c1OCC. The van der Waals surface area contributed by atoms with Crippen LogP contribution in [0.5, 0.6) is 17.2 Å². The number of rotatable bonds is 9. The summed E-state index contributed by atoms with van der Waals surface area (Å²) in [5.74, 6) is 1.17. The Morgan fingerprint density at radius 1 is 0.971 bits per heavy atom. The molecule has 0 aliphatic carbocycles. The van der Waals surface area contributed by atoms with Gasteiger partial charge < -0.3 is 24.4 Å². The Hall–Kier alpha value is -3.52. The number of hydrogen-bond donors (Lipinski definition) is 1. The lowest BCUT2D eigenvalue weighted by Gasteiger charge is -2.29. The van der Waals surface area contributed by atoms with Crippen molar-refractivity contribution in [2.24, 2.45) is 0 Å². The van der Waals surface area contributed by atoms with E-state index in [1.54, 1.807) is 12.1 Å². The normalized spacial score (nSPS) is 12.6. The number of amides is 2. The van der Waals surface area contributed by atoms with E-state index in [-0.39, 0.29) is 11.8 Å². The van der Waals surface area contributed by atoms with Crippen LogP contribution in [0.15, 0.2) is 47.8 Å². The fraction of sp³-hybridized carbons (Fsp3) is 0.333. The quantitative estimate of drug-likeness (QED) is 0.407. The van der Waals surface area contributed by atoms with E-state index < -0.39 is 0 Å². The molecule has 0 saturated carbocycles. The number of nitrogens with one attached hydrogen (secondary N) is 1. The molecule has 0 bridgehead atoms. The van der Waals surface area contributed by atoms with Crippen LogP contribution in [0.1, 0.15) is 52.8 Å². The summed E-state index contributed by atoms with van der Waals surface area (Å²) < 4.78 is 17.2. The van der Waals surface area contributed by atoms with Crippen molar-refractivity contribution < 1.29 is 23.8 Å². The van der Waals surface area contributed by atoms with Crippen molar-refractivity contribution in [2.45, 2.75) is 33.6 Å². The van der Waals surface area contributed by atoms with Gasteiger partial charge in [0.2, 0.25) is 5.75 Å². The van der Waals surface area contributed by atoms with Crippen LogP contribution in [-0.2, 0) is 6.42 Å². The Bertz CT molecular complexity index is 1170. The van der Waals surface area contributed by atoms with Gasteiger partial charge >= 0.3 is 0 Å². The molecular weight excluding hydrogens is 464 g/mol. The molecule has 4 rings (SSSR count). The van der Waals surface area contributed by atoms with Gasteiger partial charge in [0, 0.05) is 23.5 Å². The van der Waals surface area contributed by atoms with Crippen LogP contribution in [0, 0.1) is 0 Å². The number of hydrogen-bond acceptors (Lipinski definition) is 6. The summed E-state index contributed by atoms with van der Waals surface area (Å²) >= 11 is 1.44. The van der Waals surface area contributed by atoms with Gasteiger partial charge in [-0.25, -0.2) is 0 Å². The van der Waals surface area contributed by atoms with Crippen molar-refractivity contribution >= 4 is 34.5 Å². The van der Waals surface area contributed by atoms with Crippen LogP contribution in [0.2, 0.25) is 0 Å². The fourth-order valence-electron chi connectivity index (χ4n) is 4.14. The molecule has 7 nitrogen and oxygen atoms in total. The first-order chi connectivity index (χ1) is 17.0. The summed E-state index contributed by atoms with van der Waals surface area (Å²) in [4.78, 5) is 28.7. The highest BCUT2D eigenvalue weighted by atomic mass is 32.1. The number of anilines is 2. The number of aryl methyl sites for hydroxylation is 1. The van der Waals surface area contributed by atoms with E-state index in [1.807, 2.05) is 61.4 Å². The zero-order chi connectivity index (χ0) is 24.8. The maximum absolute atomic E-state index is 13.2. The average molecular weight is 495 g/mol. The molecule has 2 aromatic carbocycles. The van der Waals surface area contributed by atoms with Gasteiger partial charge in [0.05, 0.1) is 24.7 Å². The van der Waals surface area contributed by atoms with Gasteiger partial charge in [0.1, 0.15) is 0 Å². The summed E-state index contributed by atoms with van der Waals surface area (Å²) in [5.41, 5.74) is 3.01. The molecule has 35 heavy (non-hydrogen) atoms. The lowest BCUT2D eigenvalue weighted by Crippen LogP contribution is -2.35. The van der Waals surface area contributed by atoms with E-state index in [0.29, 0.717) is 54.9 Å². The van der Waals surface area contributed by atoms with Gasteiger partial charge in [-0.1, -0.05) is 6.07 Å². The summed E-state index contributed by atoms with van der Waals surface area (Å²) in [6, 6.07) is 12.8. The molecule has 0 atom stereocenters. The molecule has 3 aromatic rings. The summed E-state index contributed by atoms with van der Waals surface area (Å²) in [6.07, 6.45) is 1.72. The maximum Gasteiger partial charge on any atom is 0.268 e. The van der Waals surface area contributed by atoms with E-state index in [2.05, 4.69) is 5.32 Å². The van der Waals surface area contributed by atoms with Crippen molar-refractivity contribution in [1.82, 2.24) is 0 Å². The van der Waals surface area contributed by atoms with Gasteiger partial charge in [-0.3, -0.25) is 9.59 Å². The molecule has 0 radical (unpaired) electrons. The van der Waals surface area contributed by atoms with Gasteiger partial charge in [-0.15, -0.1) is 11.3 Å². The number of nitrogens with zero attached hydrogens (tertiary/aromatic N) is 1. The first-order valence-corrected chi connectivity index (χ1v) is 12.8. The standard InChI is InChI=1S/C27H30N2O5S/c1-4-32-22-16-19(17-23(33-5-2)25(22)34-6-3)26(30)28-20-11-12-21-18(15-20)9-7-13-29(21)27(31)24-10-8-14-35-24/h8,10-12,14-17H,4-7,9,13H2,1-3H3,(H,28,30). The number of ether oxygens (including phenoxy) is 3. The molecule has 1 aliphatic rings. The lowest BCUT2D eigenvalue weighted by molar-refractivity contribution is 0.0987. The first kappa shape index (κ1) is 24.6. The molecule has 0 spiro atoms. The molecule has 2 amide bonds. The van der Waals surface area contributed by atoms with Crippen molar-refractivity contribution in [3.8, 4) is 17.2 Å². The number of carbonyl (C=O) groups is 2. The molecule has 0 fully saturated rings. The molecular formula is C27H30N2O5S. The van der Waals surface area contributed by atoms with Crippen LogP contribution < -0.4 is 24.4 Å². The van der Waals surface area contributed by atoms with Crippen molar-refractivity contribution in [2.75, 3.05) is 36.6 Å². The molecule has 1 aromatic heterocycles. The predicted octanol–water partition coefficient (Wildman–Crippen LogP) is 5.79. The first-order valence-electron chi connectivity index (χ1n) is 11.9. The van der Waals surface area contributed by atoms with E-state index in [1.165, 1.54) is 11.3 Å². The Kier molecular flexibility index (Phi) is 7.92. The predicted molar refractivity (Wildman–Crippen MR) is 139 cm³/mol. The number of carbonyl (C=O) groups excluding carboxylic acids is 2. The van der Waals surface area contributed by atoms with Crippen LogP contribution in [0.25, 0.3) is 0 Å². The fourth-order valence-corrected chi connectivity index (χ4v) is 4.81. The Labute approximate surface area is 209 Å². The van der Waals surface area contributed by atoms with Crippen molar-refractivity contribution in [1.29, 1.82) is 0 Å². The molecule has 184 valence electrons. The van der Waals surface area contributed by atoms with E-state index in [0.717, 1.165) is 29.0 Å². The third-order valence-electron chi connectivity index (χ3n) is 5.60. The smallest absolute Gasteiger partial charge is 0.268 e. The lowest BCUT2D eigenvalue weighted by atomic mass is 10.0. The van der Waals surface area contributed by atoms with Crippen LogP contribution >= 0.6 is 11.3 Å². The van der Waals surface area contributed by atoms with E-state index in [9.17, 15) is 9.59 Å². The molecule has 2 heterocycles. The number of thiophene rings is 1. The molecule has 1 aliphatic heterocycles. The monoisotopic (exact) mass is 494 g/mol. The maximum atomic E-state index is 13.2. The molecule has 8 heteroatoms. The highest BCUT2D eigenvalue weighted by molar-refractivity contribution is 7.12. The minimum atomic E-state index is -0.280. The molecule has 0 unspecified atom stereocenters. The zero-order valence-electron chi connectivity index (χ0n) is 20.3. The average Bonchev–Trinajstić information content (AvgIpc) is 3.40.